The molecule has 0 saturated carbocycles. The SMILES string of the molecule is CCOc1cc(N=Nc2ccc(-c3ccccc3)cc2S(=O)(=O)O)c2cc(S(=O)(=O)[O-])ccc2c1N=Nc1c(S(=O)(=O)O)cc2cc(S(=O)(=O)[O-])cc(N=C([O-])c3ccccc3)c2c1[O-].[Na+].[Na+].[Na+].[Na+]. The van der Waals surface area contributed by atoms with E-state index in [0.29, 0.717) is 29.3 Å². The Labute approximate surface area is 483 Å². The molecule has 0 unspecified atom stereocenters. The van der Waals surface area contributed by atoms with Crippen LogP contribution in [0.1, 0.15) is 12.5 Å². The summed E-state index contributed by atoms with van der Waals surface area (Å²) in [4.78, 5) is 0.157. The van der Waals surface area contributed by atoms with Crippen LogP contribution in [0.5, 0.6) is 11.5 Å². The first-order valence-electron chi connectivity index (χ1n) is 18.3. The molecule has 0 heterocycles. The molecule has 20 nitrogen and oxygen atoms in total. The summed E-state index contributed by atoms with van der Waals surface area (Å²) in [6.45, 7) is 1.41. The van der Waals surface area contributed by atoms with Crippen LogP contribution in [0.15, 0.2) is 166 Å². The summed E-state index contributed by atoms with van der Waals surface area (Å²) in [7, 11) is -20.9. The summed E-state index contributed by atoms with van der Waals surface area (Å²) in [6.07, 6.45) is 0. The Morgan fingerprint density at radius 2 is 1.14 bits per heavy atom. The minimum atomic E-state index is -5.44. The van der Waals surface area contributed by atoms with E-state index in [9.17, 15) is 62.1 Å². The van der Waals surface area contributed by atoms with Crippen LogP contribution in [0.25, 0.3) is 32.7 Å². The van der Waals surface area contributed by atoms with E-state index in [2.05, 4.69) is 25.4 Å². The van der Waals surface area contributed by atoms with Gasteiger partial charge in [-0.2, -0.15) is 16.8 Å². The predicted molar refractivity (Wildman–Crippen MR) is 227 cm³/mol. The summed E-state index contributed by atoms with van der Waals surface area (Å²) >= 11 is 0. The van der Waals surface area contributed by atoms with Gasteiger partial charge in [0.05, 0.1) is 33.5 Å². The van der Waals surface area contributed by atoms with E-state index in [1.54, 1.807) is 36.4 Å². The monoisotopic (exact) mass is 1050 g/mol. The summed E-state index contributed by atoms with van der Waals surface area (Å²) in [5.41, 5.74) is -1.85. The fourth-order valence-electron chi connectivity index (χ4n) is 6.47. The first kappa shape index (κ1) is 60.3. The molecule has 0 aliphatic carbocycles. The average Bonchev–Trinajstić information content (AvgIpc) is 3.24. The third kappa shape index (κ3) is 13.9. The smallest absolute Gasteiger partial charge is 0.870 e. The van der Waals surface area contributed by atoms with Crippen molar-refractivity contribution in [3.05, 3.63) is 127 Å². The molecule has 0 fully saturated rings. The van der Waals surface area contributed by atoms with Gasteiger partial charge in [-0.3, -0.25) is 14.1 Å². The molecule has 0 atom stereocenters. The number of hydrogen-bond donors (Lipinski definition) is 2. The van der Waals surface area contributed by atoms with Gasteiger partial charge in [-0.25, -0.2) is 16.8 Å². The van der Waals surface area contributed by atoms with Crippen LogP contribution in [0, 0.1) is 0 Å². The maximum atomic E-state index is 14.3. The zero-order valence-corrected chi connectivity index (χ0v) is 48.1. The van der Waals surface area contributed by atoms with Crippen LogP contribution >= 0.6 is 0 Å². The van der Waals surface area contributed by atoms with Crippen LogP contribution in [0.3, 0.4) is 0 Å². The molecule has 7 aromatic carbocycles. The summed E-state index contributed by atoms with van der Waals surface area (Å²) in [5.74, 6) is -2.63. The minimum absolute atomic E-state index is 0. The first-order valence-corrected chi connectivity index (χ1v) is 24.0. The van der Waals surface area contributed by atoms with Gasteiger partial charge in [0.15, 0.2) is 0 Å². The molecule has 0 aliphatic heterocycles. The van der Waals surface area contributed by atoms with Crippen molar-refractivity contribution in [3.8, 4) is 22.6 Å². The van der Waals surface area contributed by atoms with Gasteiger partial charge in [0.2, 0.25) is 0 Å². The van der Waals surface area contributed by atoms with Crippen LogP contribution in [-0.4, -0.2) is 64.4 Å². The fraction of sp³-hybridized carbons (Fsp3) is 0.0488. The zero-order chi connectivity index (χ0) is 47.1. The standard InChI is InChI=1S/C41H31N5O15S4.4Na/c1-2-61-34-22-32(44-43-31-16-13-25(18-35(31)64(55,56)57)23-9-5-3-6-10-23)30-20-27(62(49,50)51)14-15-29(30)38(34)45-46-39-36(65(58,59)60)19-26-17-28(63(52,53)54)21-33(37(26)40(39)47)42-41(48)24-11-7-4-8-12-24;;;;/h3-22,47H,2H2,1H3,(H,42,48)(H,49,50,51)(H,52,53,54)(H,55,56,57)(H,58,59,60);;;;/q;4*+1/p-4. The molecule has 28 heteroatoms. The zero-order valence-electron chi connectivity index (χ0n) is 36.8. The number of ether oxygens (including phenoxy) is 1. The second-order valence-electron chi connectivity index (χ2n) is 13.6. The summed E-state index contributed by atoms with van der Waals surface area (Å²) < 4.78 is 150. The third-order valence-corrected chi connectivity index (χ3v) is 12.8. The summed E-state index contributed by atoms with van der Waals surface area (Å²) in [6, 6.07) is 25.4. The van der Waals surface area contributed by atoms with E-state index < -0.39 is 93.8 Å². The van der Waals surface area contributed by atoms with Crippen LogP contribution in [-0.2, 0) is 40.5 Å². The molecule has 69 heavy (non-hydrogen) atoms. The molecule has 7 aromatic rings. The van der Waals surface area contributed by atoms with Crippen molar-refractivity contribution >= 4 is 96.4 Å². The van der Waals surface area contributed by atoms with Crippen molar-refractivity contribution in [2.24, 2.45) is 25.4 Å². The molecule has 7 rings (SSSR count). The van der Waals surface area contributed by atoms with Gasteiger partial charge >= 0.3 is 118 Å². The molecule has 2 N–H and O–H groups in total. The van der Waals surface area contributed by atoms with E-state index in [1.165, 1.54) is 43.3 Å². The third-order valence-electron chi connectivity index (χ3n) is 9.37. The van der Waals surface area contributed by atoms with Crippen molar-refractivity contribution < 1.29 is 185 Å². The van der Waals surface area contributed by atoms with Crippen LogP contribution in [0.2, 0.25) is 0 Å². The number of rotatable bonds is 13. The molecule has 0 saturated heterocycles. The Morgan fingerprint density at radius 3 is 1.72 bits per heavy atom. The number of azo groups is 2. The topological polar surface area (TPSA) is 340 Å². The van der Waals surface area contributed by atoms with Gasteiger partial charge in [-0.1, -0.05) is 78.5 Å². The van der Waals surface area contributed by atoms with Crippen molar-refractivity contribution in [2.45, 2.75) is 26.5 Å². The Morgan fingerprint density at radius 1 is 0.565 bits per heavy atom. The molecule has 0 aliphatic rings. The molecule has 334 valence electrons. The number of benzene rings is 7. The second-order valence-corrected chi connectivity index (χ2v) is 19.1. The first-order chi connectivity index (χ1) is 30.5. The van der Waals surface area contributed by atoms with E-state index in [0.717, 1.165) is 30.3 Å². The second kappa shape index (κ2) is 24.1. The van der Waals surface area contributed by atoms with Gasteiger partial charge in [-0.05, 0) is 77.4 Å². The van der Waals surface area contributed by atoms with Crippen molar-refractivity contribution in [3.63, 3.8) is 0 Å². The number of hydrogen-bond acceptors (Lipinski definition) is 18. The normalized spacial score (nSPS) is 12.3. The van der Waals surface area contributed by atoms with Gasteiger partial charge in [0, 0.05) is 22.2 Å². The van der Waals surface area contributed by atoms with E-state index in [-0.39, 0.29) is 164 Å². The van der Waals surface area contributed by atoms with Crippen molar-refractivity contribution in [1.29, 1.82) is 0 Å². The average molecular weight is 1050 g/mol. The molecule has 0 radical (unpaired) electrons. The quantitative estimate of drug-likeness (QED) is 0.0358. The minimum Gasteiger partial charge on any atom is -0.870 e. The molecule has 0 bridgehead atoms. The maximum absolute atomic E-state index is 14.3. The van der Waals surface area contributed by atoms with Crippen molar-refractivity contribution in [2.75, 3.05) is 6.61 Å². The molecule has 0 aromatic heterocycles. The van der Waals surface area contributed by atoms with E-state index in [1.807, 2.05) is 0 Å². The van der Waals surface area contributed by atoms with E-state index >= 15 is 0 Å². The van der Waals surface area contributed by atoms with Crippen LogP contribution in [0.4, 0.5) is 28.4 Å². The van der Waals surface area contributed by atoms with Gasteiger partial charge < -0.3 is 24.1 Å². The van der Waals surface area contributed by atoms with Crippen LogP contribution < -0.4 is 133 Å². The molecular weight excluding hydrogens is 1020 g/mol. The predicted octanol–water partition coefficient (Wildman–Crippen LogP) is -5.28. The Bertz CT molecular complexity index is 3650. The molecule has 0 spiro atoms. The number of fused-ring (bicyclic) bond motifs is 2. The Balaban J connectivity index is 0.00000315. The maximum Gasteiger partial charge on any atom is 1.00 e. The fourth-order valence-corrected chi connectivity index (χ4v) is 8.80. The van der Waals surface area contributed by atoms with Gasteiger partial charge in [-0.15, -0.1) is 20.5 Å². The molecular formula is C41H27N5Na4O15S4. The van der Waals surface area contributed by atoms with Gasteiger partial charge in [0.1, 0.15) is 47.2 Å². The number of nitrogens with zero attached hydrogens (tertiary/aromatic N) is 5. The number of aliphatic imine (C=N–C) groups is 1. The van der Waals surface area contributed by atoms with Crippen molar-refractivity contribution in [1.82, 2.24) is 0 Å². The Kier molecular flexibility index (Phi) is 21.1. The largest absolute Gasteiger partial charge is 1.00 e. The molecule has 0 amide bonds. The van der Waals surface area contributed by atoms with Gasteiger partial charge in [0.25, 0.3) is 20.2 Å². The van der Waals surface area contributed by atoms with E-state index in [4.69, 9.17) is 4.74 Å². The Hall–Kier alpha value is -3.03. The summed E-state index contributed by atoms with van der Waals surface area (Å²) in [5, 5.41) is 41.9.